The Morgan fingerprint density at radius 3 is 2.20 bits per heavy atom. The van der Waals surface area contributed by atoms with Crippen molar-refractivity contribution in [3.8, 4) is 0 Å². The van der Waals surface area contributed by atoms with Crippen molar-refractivity contribution in [1.82, 2.24) is 9.97 Å². The van der Waals surface area contributed by atoms with Crippen LogP contribution in [0.3, 0.4) is 0 Å². The number of aromatic nitrogens is 2. The molecule has 20 heavy (non-hydrogen) atoms. The normalized spacial score (nSPS) is 11.7. The fourth-order valence-corrected chi connectivity index (χ4v) is 3.06. The molecule has 0 amide bonds. The van der Waals surface area contributed by atoms with Crippen molar-refractivity contribution in [2.75, 3.05) is 0 Å². The van der Waals surface area contributed by atoms with Gasteiger partial charge in [0.2, 0.25) is 0 Å². The molecule has 0 aliphatic carbocycles. The Morgan fingerprint density at radius 2 is 1.70 bits per heavy atom. The van der Waals surface area contributed by atoms with Gasteiger partial charge in [-0.05, 0) is 47.9 Å². The summed E-state index contributed by atoms with van der Waals surface area (Å²) in [6.07, 6.45) is 1.90. The van der Waals surface area contributed by atoms with Gasteiger partial charge in [0.05, 0.1) is 14.7 Å². The van der Waals surface area contributed by atoms with E-state index < -0.39 is 0 Å². The molecule has 0 fully saturated rings. The molecule has 0 radical (unpaired) electrons. The maximum atomic E-state index is 6.27. The van der Waals surface area contributed by atoms with Gasteiger partial charge in [-0.2, -0.15) is 0 Å². The van der Waals surface area contributed by atoms with Gasteiger partial charge in [0.25, 0.3) is 0 Å². The van der Waals surface area contributed by atoms with Gasteiger partial charge >= 0.3 is 0 Å². The van der Waals surface area contributed by atoms with Crippen LogP contribution in [0.2, 0.25) is 5.15 Å². The average molecular weight is 401 g/mol. The molecule has 0 saturated heterocycles. The second kappa shape index (κ2) is 6.39. The molecule has 1 aromatic carbocycles. The van der Waals surface area contributed by atoms with Crippen LogP contribution in [0, 0.1) is 10.5 Å². The van der Waals surface area contributed by atoms with E-state index in [1.165, 1.54) is 5.56 Å². The largest absolute Gasteiger partial charge is 0.236 e. The minimum atomic E-state index is -0.167. The third-order valence-electron chi connectivity index (χ3n) is 3.94. The third kappa shape index (κ3) is 2.70. The zero-order chi connectivity index (χ0) is 14.8. The average Bonchev–Trinajstić information content (AvgIpc) is 2.47. The summed E-state index contributed by atoms with van der Waals surface area (Å²) in [5, 5.41) is 0.551. The molecule has 1 heterocycles. The van der Waals surface area contributed by atoms with Crippen LogP contribution in [0.15, 0.2) is 30.3 Å². The highest BCUT2D eigenvalue weighted by Crippen LogP contribution is 2.37. The summed E-state index contributed by atoms with van der Waals surface area (Å²) in [4.78, 5) is 9.29. The molecule has 0 atom stereocenters. The maximum Gasteiger partial charge on any atom is 0.146 e. The Kier molecular flexibility index (Phi) is 5.02. The van der Waals surface area contributed by atoms with E-state index in [1.54, 1.807) is 0 Å². The highest BCUT2D eigenvalue weighted by molar-refractivity contribution is 14.1. The lowest BCUT2D eigenvalue weighted by atomic mass is 9.75. The SMILES string of the molecule is CCC(CC)(c1ccccc1)c1nc(C)c(I)c(Cl)n1. The summed E-state index contributed by atoms with van der Waals surface area (Å²) in [7, 11) is 0. The first-order chi connectivity index (χ1) is 9.55. The zero-order valence-electron chi connectivity index (χ0n) is 12.0. The number of halogens is 2. The van der Waals surface area contributed by atoms with Crippen molar-refractivity contribution >= 4 is 34.2 Å². The molecule has 0 saturated carbocycles. The lowest BCUT2D eigenvalue weighted by Crippen LogP contribution is -2.29. The molecular weight excluding hydrogens is 383 g/mol. The Hall–Kier alpha value is -0.680. The molecule has 4 heteroatoms. The van der Waals surface area contributed by atoms with E-state index in [4.69, 9.17) is 16.6 Å². The Balaban J connectivity index is 2.65. The lowest BCUT2D eigenvalue weighted by Gasteiger charge is -2.31. The van der Waals surface area contributed by atoms with Gasteiger partial charge in [-0.15, -0.1) is 0 Å². The summed E-state index contributed by atoms with van der Waals surface area (Å²) in [6.45, 7) is 6.35. The number of rotatable bonds is 4. The molecule has 0 aliphatic rings. The monoisotopic (exact) mass is 400 g/mol. The van der Waals surface area contributed by atoms with Gasteiger partial charge in [-0.3, -0.25) is 0 Å². The standard InChI is InChI=1S/C16H18ClIN2/c1-4-16(5-2,12-9-7-6-8-10-12)15-19-11(3)13(18)14(17)20-15/h6-10H,4-5H2,1-3H3. The highest BCUT2D eigenvalue weighted by Gasteiger charge is 2.34. The molecule has 2 nitrogen and oxygen atoms in total. The fourth-order valence-electron chi connectivity index (χ4n) is 2.60. The topological polar surface area (TPSA) is 25.8 Å². The number of hydrogen-bond acceptors (Lipinski definition) is 2. The molecule has 0 spiro atoms. The van der Waals surface area contributed by atoms with Crippen LogP contribution in [0.1, 0.15) is 43.8 Å². The summed E-state index contributed by atoms with van der Waals surface area (Å²) in [5.74, 6) is 0.830. The van der Waals surface area contributed by atoms with Crippen LogP contribution >= 0.6 is 34.2 Å². The molecule has 0 bridgehead atoms. The van der Waals surface area contributed by atoms with E-state index >= 15 is 0 Å². The van der Waals surface area contributed by atoms with E-state index in [2.05, 4.69) is 65.7 Å². The van der Waals surface area contributed by atoms with Crippen LogP contribution in [-0.4, -0.2) is 9.97 Å². The molecule has 2 rings (SSSR count). The maximum absolute atomic E-state index is 6.27. The molecule has 1 aromatic heterocycles. The quantitative estimate of drug-likeness (QED) is 0.524. The lowest BCUT2D eigenvalue weighted by molar-refractivity contribution is 0.447. The second-order valence-electron chi connectivity index (χ2n) is 4.89. The minimum absolute atomic E-state index is 0.167. The van der Waals surface area contributed by atoms with E-state index in [-0.39, 0.29) is 5.41 Å². The predicted octanol–water partition coefficient (Wildman–Crippen LogP) is 5.15. The molecule has 0 N–H and O–H groups in total. The first-order valence-electron chi connectivity index (χ1n) is 6.80. The van der Waals surface area contributed by atoms with Gasteiger partial charge in [0.1, 0.15) is 11.0 Å². The first kappa shape index (κ1) is 15.7. The summed E-state index contributed by atoms with van der Waals surface area (Å²) in [6, 6.07) is 10.5. The zero-order valence-corrected chi connectivity index (χ0v) is 14.9. The summed E-state index contributed by atoms with van der Waals surface area (Å²) < 4.78 is 0.933. The van der Waals surface area contributed by atoms with E-state index in [0.29, 0.717) is 5.15 Å². The Morgan fingerprint density at radius 1 is 1.10 bits per heavy atom. The number of hydrogen-bond donors (Lipinski definition) is 0. The van der Waals surface area contributed by atoms with Crippen molar-refractivity contribution < 1.29 is 0 Å². The van der Waals surface area contributed by atoms with Gasteiger partial charge in [-0.25, -0.2) is 9.97 Å². The van der Waals surface area contributed by atoms with Crippen LogP contribution in [0.25, 0.3) is 0 Å². The van der Waals surface area contributed by atoms with Crippen molar-refractivity contribution in [2.45, 2.75) is 39.0 Å². The summed E-state index contributed by atoms with van der Waals surface area (Å²) >= 11 is 8.46. The fraction of sp³-hybridized carbons (Fsp3) is 0.375. The van der Waals surface area contributed by atoms with Gasteiger partial charge in [-0.1, -0.05) is 55.8 Å². The van der Waals surface area contributed by atoms with Crippen molar-refractivity contribution in [3.63, 3.8) is 0 Å². The van der Waals surface area contributed by atoms with E-state index in [0.717, 1.165) is 27.9 Å². The van der Waals surface area contributed by atoms with Crippen LogP contribution in [0.5, 0.6) is 0 Å². The van der Waals surface area contributed by atoms with Crippen molar-refractivity contribution in [1.29, 1.82) is 0 Å². The number of aryl methyl sites for hydroxylation is 1. The van der Waals surface area contributed by atoms with Crippen molar-refractivity contribution in [2.24, 2.45) is 0 Å². The number of benzene rings is 1. The van der Waals surface area contributed by atoms with Gasteiger partial charge < -0.3 is 0 Å². The van der Waals surface area contributed by atoms with Gasteiger partial charge in [0, 0.05) is 0 Å². The Labute approximate surface area is 139 Å². The van der Waals surface area contributed by atoms with Crippen LogP contribution in [-0.2, 0) is 5.41 Å². The van der Waals surface area contributed by atoms with E-state index in [9.17, 15) is 0 Å². The van der Waals surface area contributed by atoms with Crippen LogP contribution < -0.4 is 0 Å². The minimum Gasteiger partial charge on any atom is -0.236 e. The molecule has 106 valence electrons. The Bertz CT molecular complexity index is 572. The highest BCUT2D eigenvalue weighted by atomic mass is 127. The smallest absolute Gasteiger partial charge is 0.146 e. The first-order valence-corrected chi connectivity index (χ1v) is 8.26. The van der Waals surface area contributed by atoms with Crippen LogP contribution in [0.4, 0.5) is 0 Å². The number of nitrogens with zero attached hydrogens (tertiary/aromatic N) is 2. The predicted molar refractivity (Wildman–Crippen MR) is 92.3 cm³/mol. The van der Waals surface area contributed by atoms with E-state index in [1.807, 2.05) is 13.0 Å². The molecular formula is C16H18ClIN2. The second-order valence-corrected chi connectivity index (χ2v) is 6.33. The third-order valence-corrected chi connectivity index (χ3v) is 5.82. The molecule has 0 aliphatic heterocycles. The van der Waals surface area contributed by atoms with Crippen molar-refractivity contribution in [3.05, 3.63) is 56.1 Å². The molecule has 2 aromatic rings. The summed E-state index contributed by atoms with van der Waals surface area (Å²) in [5.41, 5.74) is 2.03. The molecule has 0 unspecified atom stereocenters. The van der Waals surface area contributed by atoms with Gasteiger partial charge in [0.15, 0.2) is 0 Å².